The molecule has 0 bridgehead atoms. The highest BCUT2D eigenvalue weighted by Crippen LogP contribution is 2.37. The molecule has 0 fully saturated rings. The van der Waals surface area contributed by atoms with Crippen LogP contribution in [0.3, 0.4) is 0 Å². The minimum atomic E-state index is -5.05. The van der Waals surface area contributed by atoms with Crippen molar-refractivity contribution in [1.82, 2.24) is 4.72 Å². The van der Waals surface area contributed by atoms with Gasteiger partial charge in [0.25, 0.3) is 0 Å². The summed E-state index contributed by atoms with van der Waals surface area (Å²) < 4.78 is 133. The summed E-state index contributed by atoms with van der Waals surface area (Å²) in [5, 5.41) is 0. The van der Waals surface area contributed by atoms with E-state index in [1.165, 1.54) is 25.1 Å². The molecule has 0 aromatic heterocycles. The number of halogens is 4. The summed E-state index contributed by atoms with van der Waals surface area (Å²) in [6.07, 6.45) is -4.07. The van der Waals surface area contributed by atoms with Crippen molar-refractivity contribution < 1.29 is 42.8 Å². The van der Waals surface area contributed by atoms with Crippen LogP contribution < -0.4 is 4.72 Å². The van der Waals surface area contributed by atoms with Gasteiger partial charge >= 0.3 is 6.18 Å². The van der Waals surface area contributed by atoms with E-state index in [0.29, 0.717) is 17.7 Å². The van der Waals surface area contributed by atoms with Gasteiger partial charge in [0, 0.05) is 6.04 Å². The van der Waals surface area contributed by atoms with Crippen molar-refractivity contribution in [2.75, 3.05) is 6.26 Å². The third kappa shape index (κ3) is 5.77. The average Bonchev–Trinajstić information content (AvgIpc) is 2.77. The average molecular weight is 566 g/mol. The van der Waals surface area contributed by atoms with Gasteiger partial charge < -0.3 is 0 Å². The van der Waals surface area contributed by atoms with E-state index >= 15 is 0 Å². The Balaban J connectivity index is 2.20. The third-order valence-electron chi connectivity index (χ3n) is 5.06. The summed E-state index contributed by atoms with van der Waals surface area (Å²) in [5.41, 5.74) is -1.07. The molecule has 0 saturated heterocycles. The van der Waals surface area contributed by atoms with E-state index in [2.05, 4.69) is 4.72 Å². The second kappa shape index (κ2) is 9.57. The van der Waals surface area contributed by atoms with Gasteiger partial charge in [0.1, 0.15) is 10.7 Å². The molecule has 0 amide bonds. The summed E-state index contributed by atoms with van der Waals surface area (Å²) in [7, 11) is -13.3. The van der Waals surface area contributed by atoms with E-state index in [4.69, 9.17) is 0 Å². The molecular weight excluding hydrogens is 546 g/mol. The molecule has 7 nitrogen and oxygen atoms in total. The molecule has 3 aromatic rings. The predicted molar refractivity (Wildman–Crippen MR) is 122 cm³/mol. The van der Waals surface area contributed by atoms with Crippen LogP contribution in [0.25, 0.3) is 0 Å². The first-order valence-electron chi connectivity index (χ1n) is 9.98. The summed E-state index contributed by atoms with van der Waals surface area (Å²) in [4.78, 5) is -3.67. The zero-order valence-electron chi connectivity index (χ0n) is 18.6. The molecule has 194 valence electrons. The van der Waals surface area contributed by atoms with E-state index in [9.17, 15) is 42.8 Å². The molecule has 36 heavy (non-hydrogen) atoms. The van der Waals surface area contributed by atoms with E-state index < -0.39 is 72.9 Å². The number of sulfone groups is 2. The standard InChI is InChI=1S/C22H19F4NO6S3/c1-14(27-34(2,28)29)15-7-10-17(11-8-15)35(30,31)20-12-9-16(22(24,25)26)13-21(20)36(32,33)19-6-4-3-5-18(19)23/h3-14,27H,1-2H3/t14-/m0/s1. The highest BCUT2D eigenvalue weighted by molar-refractivity contribution is 7.94. The van der Waals surface area contributed by atoms with Crippen LogP contribution in [0.2, 0.25) is 0 Å². The zero-order valence-corrected chi connectivity index (χ0v) is 21.1. The number of benzene rings is 3. The van der Waals surface area contributed by atoms with E-state index in [-0.39, 0.29) is 6.07 Å². The van der Waals surface area contributed by atoms with Gasteiger partial charge in [-0.25, -0.2) is 34.4 Å². The molecule has 0 saturated carbocycles. The maximum absolute atomic E-state index is 14.3. The largest absolute Gasteiger partial charge is 0.416 e. The molecule has 3 aromatic carbocycles. The van der Waals surface area contributed by atoms with Crippen molar-refractivity contribution in [1.29, 1.82) is 0 Å². The van der Waals surface area contributed by atoms with E-state index in [1.807, 2.05) is 0 Å². The molecule has 1 N–H and O–H groups in total. The van der Waals surface area contributed by atoms with Gasteiger partial charge in [-0.15, -0.1) is 0 Å². The van der Waals surface area contributed by atoms with Gasteiger partial charge in [-0.05, 0) is 55.0 Å². The van der Waals surface area contributed by atoms with Crippen molar-refractivity contribution in [2.45, 2.75) is 38.7 Å². The molecule has 0 aliphatic carbocycles. The number of alkyl halides is 3. The van der Waals surface area contributed by atoms with Gasteiger partial charge in [-0.1, -0.05) is 24.3 Å². The fourth-order valence-electron chi connectivity index (χ4n) is 3.35. The Hall–Kier alpha value is -2.81. The Kier molecular flexibility index (Phi) is 7.39. The monoisotopic (exact) mass is 565 g/mol. The fourth-order valence-corrected chi connectivity index (χ4v) is 7.54. The van der Waals surface area contributed by atoms with Crippen LogP contribution in [-0.2, 0) is 35.9 Å². The summed E-state index contributed by atoms with van der Waals surface area (Å²) in [5.74, 6) is -1.27. The quantitative estimate of drug-likeness (QED) is 0.431. The van der Waals surface area contributed by atoms with Gasteiger partial charge in [-0.3, -0.25) is 0 Å². The highest BCUT2D eigenvalue weighted by Gasteiger charge is 2.36. The van der Waals surface area contributed by atoms with Gasteiger partial charge in [0.05, 0.1) is 26.5 Å². The summed E-state index contributed by atoms with van der Waals surface area (Å²) >= 11 is 0. The highest BCUT2D eigenvalue weighted by atomic mass is 32.2. The number of hydrogen-bond donors (Lipinski definition) is 1. The topological polar surface area (TPSA) is 114 Å². The normalized spacial score (nSPS) is 13.9. The first-order valence-corrected chi connectivity index (χ1v) is 14.8. The Morgan fingerprint density at radius 1 is 0.750 bits per heavy atom. The Morgan fingerprint density at radius 3 is 1.86 bits per heavy atom. The van der Waals surface area contributed by atoms with Crippen molar-refractivity contribution in [3.05, 3.63) is 83.7 Å². The predicted octanol–water partition coefficient (Wildman–Crippen LogP) is 4.12. The van der Waals surface area contributed by atoms with Gasteiger partial charge in [0.2, 0.25) is 29.7 Å². The van der Waals surface area contributed by atoms with Crippen molar-refractivity contribution in [3.8, 4) is 0 Å². The minimum absolute atomic E-state index is 0.154. The molecule has 0 aliphatic heterocycles. The zero-order chi connectivity index (χ0) is 27.1. The lowest BCUT2D eigenvalue weighted by molar-refractivity contribution is -0.137. The lowest BCUT2D eigenvalue weighted by atomic mass is 10.1. The maximum atomic E-state index is 14.3. The molecule has 0 radical (unpaired) electrons. The van der Waals surface area contributed by atoms with Crippen LogP contribution in [0.4, 0.5) is 17.6 Å². The molecular formula is C22H19F4NO6S3. The fraction of sp³-hybridized carbons (Fsp3) is 0.182. The molecule has 0 aliphatic rings. The second-order valence-corrected chi connectivity index (χ2v) is 13.4. The lowest BCUT2D eigenvalue weighted by Gasteiger charge is -2.16. The Labute approximate surface area is 205 Å². The number of sulfonamides is 1. The number of nitrogens with one attached hydrogen (secondary N) is 1. The maximum Gasteiger partial charge on any atom is 0.416 e. The minimum Gasteiger partial charge on any atom is -0.218 e. The van der Waals surface area contributed by atoms with Gasteiger partial charge in [0.15, 0.2) is 0 Å². The molecule has 14 heteroatoms. The SMILES string of the molecule is C[C@H](NS(C)(=O)=O)c1ccc(S(=O)(=O)c2ccc(C(F)(F)F)cc2S(=O)(=O)c2ccccc2F)cc1. The number of hydrogen-bond acceptors (Lipinski definition) is 6. The molecule has 1 atom stereocenters. The van der Waals surface area contributed by atoms with Gasteiger partial charge in [-0.2, -0.15) is 13.2 Å². The van der Waals surface area contributed by atoms with Crippen LogP contribution in [0.5, 0.6) is 0 Å². The van der Waals surface area contributed by atoms with Crippen LogP contribution in [0.1, 0.15) is 24.1 Å². The van der Waals surface area contributed by atoms with Crippen LogP contribution >= 0.6 is 0 Å². The Morgan fingerprint density at radius 2 is 1.33 bits per heavy atom. The van der Waals surface area contributed by atoms with E-state index in [0.717, 1.165) is 36.6 Å². The van der Waals surface area contributed by atoms with Crippen LogP contribution in [-0.4, -0.2) is 31.5 Å². The second-order valence-electron chi connectivity index (χ2n) is 7.78. The number of rotatable bonds is 7. The molecule has 0 spiro atoms. The van der Waals surface area contributed by atoms with E-state index in [1.54, 1.807) is 0 Å². The molecule has 3 rings (SSSR count). The summed E-state index contributed by atoms with van der Waals surface area (Å²) in [6.45, 7) is 1.50. The van der Waals surface area contributed by atoms with Crippen molar-refractivity contribution in [2.24, 2.45) is 0 Å². The Bertz CT molecular complexity index is 1620. The molecule has 0 heterocycles. The van der Waals surface area contributed by atoms with Crippen molar-refractivity contribution in [3.63, 3.8) is 0 Å². The lowest BCUT2D eigenvalue weighted by Crippen LogP contribution is -2.25. The molecule has 0 unspecified atom stereocenters. The summed E-state index contributed by atoms with van der Waals surface area (Å²) in [6, 6.07) is 8.89. The van der Waals surface area contributed by atoms with Crippen LogP contribution in [0, 0.1) is 5.82 Å². The first kappa shape index (κ1) is 27.8. The smallest absolute Gasteiger partial charge is 0.218 e. The van der Waals surface area contributed by atoms with Crippen LogP contribution in [0.15, 0.2) is 86.3 Å². The first-order chi connectivity index (χ1) is 16.4. The van der Waals surface area contributed by atoms with Crippen molar-refractivity contribution >= 4 is 29.7 Å². The third-order valence-corrected chi connectivity index (χ3v) is 9.62.